The number of hydrogen-bond donors (Lipinski definition) is 1. The van der Waals surface area contributed by atoms with Gasteiger partial charge in [-0.3, -0.25) is 4.90 Å². The molecule has 2 aromatic rings. The molecule has 0 fully saturated rings. The highest BCUT2D eigenvalue weighted by molar-refractivity contribution is 9.10. The molecular weight excluding hydrogens is 355 g/mol. The molecule has 1 unspecified atom stereocenters. The van der Waals surface area contributed by atoms with Crippen LogP contribution >= 0.6 is 27.5 Å². The van der Waals surface area contributed by atoms with Gasteiger partial charge in [0, 0.05) is 34.2 Å². The molecule has 5 heteroatoms. The zero-order chi connectivity index (χ0) is 15.4. The maximum atomic E-state index is 14.1. The van der Waals surface area contributed by atoms with E-state index in [1.54, 1.807) is 12.1 Å². The van der Waals surface area contributed by atoms with E-state index in [1.165, 1.54) is 6.07 Å². The lowest BCUT2D eigenvalue weighted by atomic mass is 10.0. The van der Waals surface area contributed by atoms with Gasteiger partial charge in [-0.15, -0.1) is 0 Å². The Kier molecular flexibility index (Phi) is 5.76. The summed E-state index contributed by atoms with van der Waals surface area (Å²) in [6.45, 7) is 1.00. The zero-order valence-corrected chi connectivity index (χ0v) is 14.0. The molecule has 21 heavy (non-hydrogen) atoms. The maximum Gasteiger partial charge on any atom is 0.129 e. The average Bonchev–Trinajstić information content (AvgIpc) is 2.44. The lowest BCUT2D eigenvalue weighted by Crippen LogP contribution is -2.31. The van der Waals surface area contributed by atoms with Crippen molar-refractivity contribution in [2.75, 3.05) is 13.6 Å². The number of hydrogen-bond acceptors (Lipinski definition) is 2. The summed E-state index contributed by atoms with van der Waals surface area (Å²) < 4.78 is 15.1. The lowest BCUT2D eigenvalue weighted by Gasteiger charge is -2.28. The van der Waals surface area contributed by atoms with E-state index in [-0.39, 0.29) is 11.9 Å². The number of likely N-dealkylation sites (N-methyl/N-ethyl adjacent to an activating group) is 1. The summed E-state index contributed by atoms with van der Waals surface area (Å²) in [6, 6.07) is 12.5. The van der Waals surface area contributed by atoms with Crippen LogP contribution in [0, 0.1) is 5.82 Å². The minimum absolute atomic E-state index is 0.200. The Balaban J connectivity index is 2.22. The van der Waals surface area contributed by atoms with E-state index in [9.17, 15) is 4.39 Å². The Morgan fingerprint density at radius 1 is 1.29 bits per heavy atom. The number of rotatable bonds is 5. The first kappa shape index (κ1) is 16.4. The van der Waals surface area contributed by atoms with Crippen LogP contribution in [0.3, 0.4) is 0 Å². The predicted molar refractivity (Wildman–Crippen MR) is 88.8 cm³/mol. The van der Waals surface area contributed by atoms with Crippen molar-refractivity contribution in [3.63, 3.8) is 0 Å². The highest BCUT2D eigenvalue weighted by Crippen LogP contribution is 2.26. The van der Waals surface area contributed by atoms with Crippen molar-refractivity contribution in [2.24, 2.45) is 5.73 Å². The third-order valence-corrected chi connectivity index (χ3v) is 4.46. The van der Waals surface area contributed by atoms with Crippen molar-refractivity contribution in [2.45, 2.75) is 12.6 Å². The Bertz CT molecular complexity index is 621. The molecule has 2 nitrogen and oxygen atoms in total. The van der Waals surface area contributed by atoms with E-state index in [2.05, 4.69) is 15.9 Å². The molecule has 2 N–H and O–H groups in total. The summed E-state index contributed by atoms with van der Waals surface area (Å²) in [5.74, 6) is -0.322. The molecule has 0 heterocycles. The van der Waals surface area contributed by atoms with E-state index in [1.807, 2.05) is 36.2 Å². The Hall–Kier alpha value is -0.940. The van der Waals surface area contributed by atoms with Gasteiger partial charge < -0.3 is 5.73 Å². The van der Waals surface area contributed by atoms with Gasteiger partial charge in [-0.2, -0.15) is 0 Å². The first-order valence-electron chi connectivity index (χ1n) is 6.61. The molecule has 0 spiro atoms. The molecule has 0 radical (unpaired) electrons. The number of nitrogens with two attached hydrogens (primary N) is 1. The van der Waals surface area contributed by atoms with Crippen LogP contribution in [0.25, 0.3) is 0 Å². The number of benzene rings is 2. The third kappa shape index (κ3) is 4.04. The molecule has 112 valence electrons. The zero-order valence-electron chi connectivity index (χ0n) is 11.7. The van der Waals surface area contributed by atoms with E-state index < -0.39 is 0 Å². The highest BCUT2D eigenvalue weighted by Gasteiger charge is 2.20. The summed E-state index contributed by atoms with van der Waals surface area (Å²) in [6.07, 6.45) is 0. The number of nitrogens with zero attached hydrogens (tertiary/aromatic N) is 1. The Morgan fingerprint density at radius 3 is 2.62 bits per heavy atom. The second-order valence-corrected chi connectivity index (χ2v) is 6.21. The van der Waals surface area contributed by atoms with Crippen molar-refractivity contribution >= 4 is 27.5 Å². The van der Waals surface area contributed by atoms with Gasteiger partial charge in [-0.1, -0.05) is 51.8 Å². The van der Waals surface area contributed by atoms with Gasteiger partial charge in [-0.05, 0) is 30.8 Å². The molecule has 1 atom stereocenters. The van der Waals surface area contributed by atoms with Crippen LogP contribution in [-0.2, 0) is 6.54 Å². The van der Waals surface area contributed by atoms with Crippen LogP contribution in [0.1, 0.15) is 17.2 Å². The molecule has 0 aromatic heterocycles. The van der Waals surface area contributed by atoms with E-state index in [0.29, 0.717) is 23.7 Å². The average molecular weight is 372 g/mol. The van der Waals surface area contributed by atoms with E-state index in [0.717, 1.165) is 10.0 Å². The first-order valence-corrected chi connectivity index (χ1v) is 7.78. The van der Waals surface area contributed by atoms with Crippen LogP contribution in [0.2, 0.25) is 5.02 Å². The fourth-order valence-corrected chi connectivity index (χ4v) is 2.89. The van der Waals surface area contributed by atoms with Crippen molar-refractivity contribution in [1.82, 2.24) is 4.90 Å². The molecule has 0 saturated heterocycles. The molecule has 0 aliphatic carbocycles. The van der Waals surface area contributed by atoms with Gasteiger partial charge in [0.1, 0.15) is 5.82 Å². The molecule has 0 bridgehead atoms. The normalized spacial score (nSPS) is 12.7. The highest BCUT2D eigenvalue weighted by atomic mass is 79.9. The lowest BCUT2D eigenvalue weighted by molar-refractivity contribution is 0.236. The summed E-state index contributed by atoms with van der Waals surface area (Å²) in [5, 5.41) is 0.389. The van der Waals surface area contributed by atoms with Crippen LogP contribution in [0.4, 0.5) is 4.39 Å². The van der Waals surface area contributed by atoms with Crippen molar-refractivity contribution in [3.05, 3.63) is 68.9 Å². The van der Waals surface area contributed by atoms with Crippen LogP contribution in [0.15, 0.2) is 46.9 Å². The summed E-state index contributed by atoms with van der Waals surface area (Å²) in [4.78, 5) is 2.03. The SMILES string of the molecule is CN(Cc1ccccc1Br)C(CN)c1ccc(Cl)cc1F. The first-order chi connectivity index (χ1) is 10.0. The fourth-order valence-electron chi connectivity index (χ4n) is 2.32. The fraction of sp³-hybridized carbons (Fsp3) is 0.250. The molecule has 0 aliphatic heterocycles. The minimum atomic E-state index is -0.322. The molecule has 0 aliphatic rings. The topological polar surface area (TPSA) is 29.3 Å². The standard InChI is InChI=1S/C16H17BrClFN2/c1-21(10-11-4-2-3-5-14(11)17)16(9-20)13-7-6-12(18)8-15(13)19/h2-8,16H,9-10,20H2,1H3. The van der Waals surface area contributed by atoms with Gasteiger partial charge >= 0.3 is 0 Å². The second-order valence-electron chi connectivity index (χ2n) is 4.92. The summed E-state index contributed by atoms with van der Waals surface area (Å²) in [7, 11) is 1.94. The van der Waals surface area contributed by atoms with E-state index >= 15 is 0 Å². The quantitative estimate of drug-likeness (QED) is 0.845. The van der Waals surface area contributed by atoms with Crippen molar-refractivity contribution in [3.8, 4) is 0 Å². The second kappa shape index (κ2) is 7.36. The van der Waals surface area contributed by atoms with Crippen molar-refractivity contribution < 1.29 is 4.39 Å². The summed E-state index contributed by atoms with van der Waals surface area (Å²) in [5.41, 5.74) is 7.55. The molecule has 0 saturated carbocycles. The summed E-state index contributed by atoms with van der Waals surface area (Å²) >= 11 is 9.33. The van der Waals surface area contributed by atoms with Crippen molar-refractivity contribution in [1.29, 1.82) is 0 Å². The van der Waals surface area contributed by atoms with E-state index in [4.69, 9.17) is 17.3 Å². The van der Waals surface area contributed by atoms with Gasteiger partial charge in [-0.25, -0.2) is 4.39 Å². The van der Waals surface area contributed by atoms with Gasteiger partial charge in [0.15, 0.2) is 0 Å². The monoisotopic (exact) mass is 370 g/mol. The van der Waals surface area contributed by atoms with Gasteiger partial charge in [0.25, 0.3) is 0 Å². The van der Waals surface area contributed by atoms with Crippen LogP contribution in [-0.4, -0.2) is 18.5 Å². The maximum absolute atomic E-state index is 14.1. The molecule has 2 rings (SSSR count). The van der Waals surface area contributed by atoms with Crippen LogP contribution < -0.4 is 5.73 Å². The molecular formula is C16H17BrClFN2. The third-order valence-electron chi connectivity index (χ3n) is 3.45. The van der Waals surface area contributed by atoms with Gasteiger partial charge in [0.2, 0.25) is 0 Å². The Labute approximate surface area is 137 Å². The Morgan fingerprint density at radius 2 is 2.00 bits per heavy atom. The van der Waals surface area contributed by atoms with Crippen LogP contribution in [0.5, 0.6) is 0 Å². The minimum Gasteiger partial charge on any atom is -0.329 e. The largest absolute Gasteiger partial charge is 0.329 e. The smallest absolute Gasteiger partial charge is 0.129 e. The predicted octanol–water partition coefficient (Wildman–Crippen LogP) is 4.37. The molecule has 0 amide bonds. The molecule has 2 aromatic carbocycles. The number of halogens is 3. The van der Waals surface area contributed by atoms with Gasteiger partial charge in [0.05, 0.1) is 0 Å².